The fraction of sp³-hybridized carbons (Fsp3) is 0.800. The average molecular weight is 265 g/mol. The Morgan fingerprint density at radius 2 is 2.00 bits per heavy atom. The largest absolute Gasteiger partial charge is 0.339 e. The second kappa shape index (κ2) is 6.53. The van der Waals surface area contributed by atoms with Crippen molar-refractivity contribution < 1.29 is 4.79 Å². The summed E-state index contributed by atoms with van der Waals surface area (Å²) >= 11 is 0. The Balaban J connectivity index is 1.87. The van der Waals surface area contributed by atoms with Crippen LogP contribution in [0, 0.1) is 0 Å². The molecule has 19 heavy (non-hydrogen) atoms. The third-order valence-electron chi connectivity index (χ3n) is 4.49. The van der Waals surface area contributed by atoms with Crippen molar-refractivity contribution in [2.45, 2.75) is 39.2 Å². The van der Waals surface area contributed by atoms with E-state index < -0.39 is 0 Å². The molecule has 0 aromatic carbocycles. The van der Waals surface area contributed by atoms with Gasteiger partial charge in [0, 0.05) is 44.8 Å². The van der Waals surface area contributed by atoms with Gasteiger partial charge in [-0.25, -0.2) is 0 Å². The summed E-state index contributed by atoms with van der Waals surface area (Å²) in [5.74, 6) is 0.227. The van der Waals surface area contributed by atoms with Crippen molar-refractivity contribution in [3.05, 3.63) is 11.1 Å². The van der Waals surface area contributed by atoms with Gasteiger partial charge in [0.1, 0.15) is 0 Å². The predicted molar refractivity (Wildman–Crippen MR) is 78.1 cm³/mol. The molecule has 0 atom stereocenters. The molecule has 0 aliphatic carbocycles. The number of carbonyl (C=O) groups is 1. The van der Waals surface area contributed by atoms with Gasteiger partial charge in [-0.2, -0.15) is 0 Å². The minimum atomic E-state index is 0.227. The lowest BCUT2D eigenvalue weighted by atomic mass is 10.00. The predicted octanol–water partition coefficient (Wildman–Crippen LogP) is 1.24. The Labute approximate surface area is 116 Å². The zero-order chi connectivity index (χ0) is 13.8. The zero-order valence-electron chi connectivity index (χ0n) is 12.5. The fourth-order valence-corrected chi connectivity index (χ4v) is 2.94. The molecule has 1 N–H and O–H groups in total. The van der Waals surface area contributed by atoms with E-state index in [0.29, 0.717) is 6.04 Å². The van der Waals surface area contributed by atoms with Crippen molar-refractivity contribution in [2.24, 2.45) is 0 Å². The normalized spacial score (nSPS) is 21.1. The molecule has 4 heteroatoms. The van der Waals surface area contributed by atoms with Crippen molar-refractivity contribution in [2.75, 3.05) is 39.8 Å². The highest BCUT2D eigenvalue weighted by Gasteiger charge is 2.27. The SMILES string of the molecule is CCCN1CCC(N(C)C(=O)C(C)=C2CNC2)CC1. The van der Waals surface area contributed by atoms with E-state index in [1.807, 2.05) is 18.9 Å². The van der Waals surface area contributed by atoms with Crippen molar-refractivity contribution >= 4 is 5.91 Å². The van der Waals surface area contributed by atoms with Crippen LogP contribution in [0.2, 0.25) is 0 Å². The molecular formula is C15H27N3O. The first-order valence-electron chi connectivity index (χ1n) is 7.52. The fourth-order valence-electron chi connectivity index (χ4n) is 2.94. The van der Waals surface area contributed by atoms with Gasteiger partial charge in [0.15, 0.2) is 0 Å². The van der Waals surface area contributed by atoms with Crippen LogP contribution in [0.4, 0.5) is 0 Å². The van der Waals surface area contributed by atoms with Gasteiger partial charge in [0.2, 0.25) is 5.91 Å². The Hall–Kier alpha value is -0.870. The Kier molecular flexibility index (Phi) is 4.99. The number of rotatable bonds is 4. The van der Waals surface area contributed by atoms with E-state index in [0.717, 1.165) is 44.6 Å². The lowest BCUT2D eigenvalue weighted by molar-refractivity contribution is -0.128. The summed E-state index contributed by atoms with van der Waals surface area (Å²) in [5.41, 5.74) is 2.23. The van der Waals surface area contributed by atoms with Gasteiger partial charge in [-0.15, -0.1) is 0 Å². The van der Waals surface area contributed by atoms with Gasteiger partial charge in [-0.1, -0.05) is 6.92 Å². The van der Waals surface area contributed by atoms with Gasteiger partial charge in [0.25, 0.3) is 0 Å². The van der Waals surface area contributed by atoms with Gasteiger partial charge < -0.3 is 15.1 Å². The molecule has 0 bridgehead atoms. The first kappa shape index (κ1) is 14.5. The van der Waals surface area contributed by atoms with Crippen molar-refractivity contribution in [1.82, 2.24) is 15.1 Å². The van der Waals surface area contributed by atoms with E-state index in [1.54, 1.807) is 0 Å². The molecule has 108 valence electrons. The molecule has 2 aliphatic heterocycles. The number of amides is 1. The lowest BCUT2D eigenvalue weighted by Gasteiger charge is -2.37. The third kappa shape index (κ3) is 3.37. The van der Waals surface area contributed by atoms with Gasteiger partial charge in [-0.3, -0.25) is 4.79 Å². The highest BCUT2D eigenvalue weighted by Crippen LogP contribution is 2.19. The summed E-state index contributed by atoms with van der Waals surface area (Å²) < 4.78 is 0. The second-order valence-corrected chi connectivity index (χ2v) is 5.82. The summed E-state index contributed by atoms with van der Waals surface area (Å²) in [6.45, 7) is 9.44. The number of hydrogen-bond acceptors (Lipinski definition) is 3. The lowest BCUT2D eigenvalue weighted by Crippen LogP contribution is -2.47. The van der Waals surface area contributed by atoms with Gasteiger partial charge in [-0.05, 0) is 38.3 Å². The molecule has 0 spiro atoms. The van der Waals surface area contributed by atoms with Gasteiger partial charge >= 0.3 is 0 Å². The van der Waals surface area contributed by atoms with Crippen LogP contribution in [0.25, 0.3) is 0 Å². The Morgan fingerprint density at radius 3 is 2.47 bits per heavy atom. The highest BCUT2D eigenvalue weighted by atomic mass is 16.2. The number of nitrogens with one attached hydrogen (secondary N) is 1. The minimum Gasteiger partial charge on any atom is -0.339 e. The molecule has 2 heterocycles. The monoisotopic (exact) mass is 265 g/mol. The molecule has 2 fully saturated rings. The van der Waals surface area contributed by atoms with E-state index in [4.69, 9.17) is 0 Å². The van der Waals surface area contributed by atoms with Crippen LogP contribution >= 0.6 is 0 Å². The third-order valence-corrected chi connectivity index (χ3v) is 4.49. The maximum atomic E-state index is 12.4. The Morgan fingerprint density at radius 1 is 1.37 bits per heavy atom. The van der Waals surface area contributed by atoms with Gasteiger partial charge in [0.05, 0.1) is 0 Å². The van der Waals surface area contributed by atoms with E-state index in [1.165, 1.54) is 18.5 Å². The Bertz CT molecular complexity index is 350. The van der Waals surface area contributed by atoms with Crippen molar-refractivity contribution in [3.8, 4) is 0 Å². The summed E-state index contributed by atoms with van der Waals surface area (Å²) in [5, 5.41) is 3.20. The zero-order valence-corrected chi connectivity index (χ0v) is 12.5. The van der Waals surface area contributed by atoms with E-state index >= 15 is 0 Å². The summed E-state index contributed by atoms with van der Waals surface area (Å²) in [7, 11) is 1.97. The van der Waals surface area contributed by atoms with Crippen LogP contribution in [0.5, 0.6) is 0 Å². The maximum Gasteiger partial charge on any atom is 0.249 e. The first-order chi connectivity index (χ1) is 9.13. The van der Waals surface area contributed by atoms with E-state index in [-0.39, 0.29) is 5.91 Å². The number of carbonyl (C=O) groups excluding carboxylic acids is 1. The van der Waals surface area contributed by atoms with Crippen LogP contribution in [0.3, 0.4) is 0 Å². The molecule has 1 amide bonds. The molecule has 2 aliphatic rings. The number of hydrogen-bond donors (Lipinski definition) is 1. The van der Waals surface area contributed by atoms with E-state index in [2.05, 4.69) is 17.1 Å². The highest BCUT2D eigenvalue weighted by molar-refractivity contribution is 5.94. The quantitative estimate of drug-likeness (QED) is 0.777. The van der Waals surface area contributed by atoms with Crippen LogP contribution in [0.1, 0.15) is 33.1 Å². The smallest absolute Gasteiger partial charge is 0.249 e. The number of likely N-dealkylation sites (N-methyl/N-ethyl adjacent to an activating group) is 1. The molecule has 2 rings (SSSR count). The van der Waals surface area contributed by atoms with Crippen LogP contribution in [0.15, 0.2) is 11.1 Å². The van der Waals surface area contributed by atoms with Crippen LogP contribution in [-0.4, -0.2) is 61.5 Å². The first-order valence-corrected chi connectivity index (χ1v) is 7.52. The maximum absolute atomic E-state index is 12.4. The topological polar surface area (TPSA) is 35.6 Å². The molecule has 0 aromatic heterocycles. The minimum absolute atomic E-state index is 0.227. The second-order valence-electron chi connectivity index (χ2n) is 5.82. The molecule has 4 nitrogen and oxygen atoms in total. The number of piperidine rings is 1. The van der Waals surface area contributed by atoms with E-state index in [9.17, 15) is 4.79 Å². The summed E-state index contributed by atoms with van der Waals surface area (Å²) in [4.78, 5) is 16.9. The standard InChI is InChI=1S/C15H27N3O/c1-4-7-18-8-5-14(6-9-18)17(3)15(19)12(2)13-10-16-11-13/h14,16H,4-11H2,1-3H3. The molecule has 0 radical (unpaired) electrons. The summed E-state index contributed by atoms with van der Waals surface area (Å²) in [6, 6.07) is 0.421. The van der Waals surface area contributed by atoms with Crippen molar-refractivity contribution in [1.29, 1.82) is 0 Å². The van der Waals surface area contributed by atoms with Crippen LogP contribution < -0.4 is 5.32 Å². The molecule has 0 saturated carbocycles. The summed E-state index contributed by atoms with van der Waals surface area (Å²) in [6.07, 6.45) is 3.45. The number of nitrogens with zero attached hydrogens (tertiary/aromatic N) is 2. The van der Waals surface area contributed by atoms with Crippen LogP contribution in [-0.2, 0) is 4.79 Å². The average Bonchev–Trinajstić information content (AvgIpc) is 2.36. The molecule has 2 saturated heterocycles. The molecule has 0 unspecified atom stereocenters. The number of likely N-dealkylation sites (tertiary alicyclic amines) is 1. The van der Waals surface area contributed by atoms with Crippen molar-refractivity contribution in [3.63, 3.8) is 0 Å². The molecule has 0 aromatic rings. The molecular weight excluding hydrogens is 238 g/mol.